The molecule has 2 aromatic rings. The lowest BCUT2D eigenvalue weighted by Gasteiger charge is -2.40. The van der Waals surface area contributed by atoms with Crippen LogP contribution in [0.25, 0.3) is 5.57 Å². The monoisotopic (exact) mass is 455 g/mol. The standard InChI is InChI=1S/C28H29N3O3/c1-3-26(22-10-7-11-24(16-22)34-19-21-8-5-4-6-9-21)27-28(29)30-12-13-31(27)20(2)23-17-25(18-23)33-15-14-32/h1,4-13,16,23,25,32H,2,14-15,17-19H2,(H2,29,30)/b27-26+. The molecule has 0 spiro atoms. The van der Waals surface area contributed by atoms with Crippen molar-refractivity contribution in [2.45, 2.75) is 25.6 Å². The van der Waals surface area contributed by atoms with E-state index in [0.717, 1.165) is 29.7 Å². The maximum absolute atomic E-state index is 8.96. The van der Waals surface area contributed by atoms with E-state index in [0.29, 0.717) is 36.1 Å². The molecule has 4 rings (SSSR count). The predicted molar refractivity (Wildman–Crippen MR) is 134 cm³/mol. The molecule has 1 aliphatic carbocycles. The molecular weight excluding hydrogens is 426 g/mol. The summed E-state index contributed by atoms with van der Waals surface area (Å²) < 4.78 is 11.6. The number of hydrogen-bond acceptors (Lipinski definition) is 6. The molecule has 2 aromatic carbocycles. The summed E-state index contributed by atoms with van der Waals surface area (Å²) in [6.45, 7) is 5.16. The number of aliphatic hydroxyl groups excluding tert-OH is 1. The Labute approximate surface area is 200 Å². The van der Waals surface area contributed by atoms with Gasteiger partial charge in [-0.3, -0.25) is 0 Å². The molecule has 1 aliphatic heterocycles. The van der Waals surface area contributed by atoms with Gasteiger partial charge in [-0.05, 0) is 36.1 Å². The normalized spacial score (nSPS) is 20.7. The number of rotatable bonds is 9. The van der Waals surface area contributed by atoms with Crippen LogP contribution in [0, 0.1) is 18.3 Å². The van der Waals surface area contributed by atoms with E-state index in [1.165, 1.54) is 0 Å². The molecule has 0 bridgehead atoms. The van der Waals surface area contributed by atoms with Crippen LogP contribution in [-0.4, -0.2) is 35.2 Å². The molecule has 0 radical (unpaired) electrons. The molecule has 174 valence electrons. The van der Waals surface area contributed by atoms with E-state index in [9.17, 15) is 0 Å². The number of nitrogens with two attached hydrogens (primary N) is 1. The van der Waals surface area contributed by atoms with Gasteiger partial charge in [0, 0.05) is 24.0 Å². The molecule has 6 heteroatoms. The minimum atomic E-state index is 0.0243. The number of hydrogen-bond donors (Lipinski definition) is 2. The van der Waals surface area contributed by atoms with Crippen LogP contribution in [0.15, 0.2) is 90.0 Å². The Hall–Kier alpha value is -3.79. The lowest BCUT2D eigenvalue weighted by molar-refractivity contribution is -0.0371. The number of nitrogens with zero attached hydrogens (tertiary/aromatic N) is 2. The van der Waals surface area contributed by atoms with Crippen molar-refractivity contribution in [3.05, 3.63) is 96.1 Å². The van der Waals surface area contributed by atoms with E-state index in [2.05, 4.69) is 17.5 Å². The fraction of sp³-hybridized carbons (Fsp3) is 0.250. The summed E-state index contributed by atoms with van der Waals surface area (Å²) in [6, 6.07) is 17.7. The third kappa shape index (κ3) is 5.23. The van der Waals surface area contributed by atoms with E-state index < -0.39 is 0 Å². The van der Waals surface area contributed by atoms with Crippen molar-refractivity contribution in [2.75, 3.05) is 13.2 Å². The van der Waals surface area contributed by atoms with Gasteiger partial charge in [-0.2, -0.15) is 0 Å². The number of aliphatic hydroxyl groups is 1. The first-order valence-electron chi connectivity index (χ1n) is 11.3. The third-order valence-corrected chi connectivity index (χ3v) is 5.99. The average Bonchev–Trinajstić information content (AvgIpc) is 2.84. The highest BCUT2D eigenvalue weighted by molar-refractivity contribution is 6.07. The average molecular weight is 456 g/mol. The van der Waals surface area contributed by atoms with E-state index in [1.54, 1.807) is 6.20 Å². The van der Waals surface area contributed by atoms with Crippen LogP contribution in [0.5, 0.6) is 5.75 Å². The summed E-state index contributed by atoms with van der Waals surface area (Å²) in [6.07, 6.45) is 11.3. The van der Waals surface area contributed by atoms with Crippen molar-refractivity contribution in [2.24, 2.45) is 16.6 Å². The Balaban J connectivity index is 1.56. The van der Waals surface area contributed by atoms with Crippen LogP contribution >= 0.6 is 0 Å². The van der Waals surface area contributed by atoms with Gasteiger partial charge in [0.1, 0.15) is 23.9 Å². The van der Waals surface area contributed by atoms with Gasteiger partial charge in [-0.25, -0.2) is 4.99 Å². The minimum absolute atomic E-state index is 0.0243. The molecule has 0 atom stereocenters. The Morgan fingerprint density at radius 3 is 2.74 bits per heavy atom. The summed E-state index contributed by atoms with van der Waals surface area (Å²) in [5.74, 6) is 4.09. The van der Waals surface area contributed by atoms with Crippen molar-refractivity contribution in [1.82, 2.24) is 4.90 Å². The molecule has 0 saturated heterocycles. The van der Waals surface area contributed by atoms with E-state index >= 15 is 0 Å². The third-order valence-electron chi connectivity index (χ3n) is 5.99. The first kappa shape index (κ1) is 23.4. The molecule has 6 nitrogen and oxygen atoms in total. The van der Waals surface area contributed by atoms with Crippen LogP contribution in [0.4, 0.5) is 0 Å². The Morgan fingerprint density at radius 2 is 2.00 bits per heavy atom. The highest BCUT2D eigenvalue weighted by atomic mass is 16.5. The zero-order valence-corrected chi connectivity index (χ0v) is 19.1. The van der Waals surface area contributed by atoms with Crippen LogP contribution in [-0.2, 0) is 11.3 Å². The first-order chi connectivity index (χ1) is 16.6. The van der Waals surface area contributed by atoms with Crippen molar-refractivity contribution in [3.8, 4) is 18.1 Å². The van der Waals surface area contributed by atoms with Crippen molar-refractivity contribution in [1.29, 1.82) is 0 Å². The molecule has 34 heavy (non-hydrogen) atoms. The number of terminal acetylenes is 1. The van der Waals surface area contributed by atoms with Gasteiger partial charge in [0.05, 0.1) is 24.9 Å². The van der Waals surface area contributed by atoms with Gasteiger partial charge in [0.25, 0.3) is 0 Å². The fourth-order valence-corrected chi connectivity index (χ4v) is 4.09. The summed E-state index contributed by atoms with van der Waals surface area (Å²) >= 11 is 0. The molecule has 2 aliphatic rings. The number of amidine groups is 1. The first-order valence-corrected chi connectivity index (χ1v) is 11.3. The van der Waals surface area contributed by atoms with E-state index in [-0.39, 0.29) is 18.6 Å². The minimum Gasteiger partial charge on any atom is -0.489 e. The second-order valence-corrected chi connectivity index (χ2v) is 8.23. The molecule has 0 aromatic heterocycles. The molecule has 1 saturated carbocycles. The molecule has 1 fully saturated rings. The van der Waals surface area contributed by atoms with Crippen molar-refractivity contribution >= 4 is 11.4 Å². The Kier molecular flexibility index (Phi) is 7.48. The number of ether oxygens (including phenoxy) is 2. The van der Waals surface area contributed by atoms with Crippen LogP contribution in [0.3, 0.4) is 0 Å². The zero-order chi connectivity index (χ0) is 23.9. The topological polar surface area (TPSA) is 80.3 Å². The number of benzene rings is 2. The summed E-state index contributed by atoms with van der Waals surface area (Å²) in [5.41, 5.74) is 10.4. The van der Waals surface area contributed by atoms with Gasteiger partial charge < -0.3 is 25.2 Å². The maximum Gasteiger partial charge on any atom is 0.149 e. The molecule has 1 heterocycles. The van der Waals surface area contributed by atoms with Gasteiger partial charge in [0.15, 0.2) is 0 Å². The highest BCUT2D eigenvalue weighted by Gasteiger charge is 2.35. The van der Waals surface area contributed by atoms with E-state index in [1.807, 2.05) is 65.7 Å². The summed E-state index contributed by atoms with van der Waals surface area (Å²) in [4.78, 5) is 6.22. The summed E-state index contributed by atoms with van der Waals surface area (Å²) in [7, 11) is 0. The van der Waals surface area contributed by atoms with Gasteiger partial charge in [0.2, 0.25) is 0 Å². The predicted octanol–water partition coefficient (Wildman–Crippen LogP) is 4.06. The van der Waals surface area contributed by atoms with Crippen LogP contribution in [0.1, 0.15) is 24.0 Å². The maximum atomic E-state index is 8.96. The second-order valence-electron chi connectivity index (χ2n) is 8.23. The van der Waals surface area contributed by atoms with Gasteiger partial charge in [-0.15, -0.1) is 6.42 Å². The van der Waals surface area contributed by atoms with Gasteiger partial charge in [-0.1, -0.05) is 55.0 Å². The van der Waals surface area contributed by atoms with Gasteiger partial charge >= 0.3 is 0 Å². The van der Waals surface area contributed by atoms with E-state index in [4.69, 9.17) is 26.7 Å². The number of aliphatic imine (C=N–C) groups is 1. The largest absolute Gasteiger partial charge is 0.489 e. The van der Waals surface area contributed by atoms with Crippen molar-refractivity contribution < 1.29 is 14.6 Å². The Bertz CT molecular complexity index is 1150. The van der Waals surface area contributed by atoms with Crippen LogP contribution in [0.2, 0.25) is 0 Å². The quantitative estimate of drug-likeness (QED) is 0.558. The smallest absolute Gasteiger partial charge is 0.149 e. The van der Waals surface area contributed by atoms with Crippen LogP contribution < -0.4 is 10.5 Å². The molecule has 0 amide bonds. The SMILES string of the molecule is C#C/C(=C1/C(N)=NC=CN1C(=C)C1CC(OCCO)C1)c1cccc(OCc2ccccc2)c1. The molecule has 3 N–H and O–H groups in total. The highest BCUT2D eigenvalue weighted by Crippen LogP contribution is 2.39. The Morgan fingerprint density at radius 1 is 1.21 bits per heavy atom. The number of allylic oxidation sites excluding steroid dienone is 2. The lowest BCUT2D eigenvalue weighted by Crippen LogP contribution is -2.39. The fourth-order valence-electron chi connectivity index (χ4n) is 4.09. The lowest BCUT2D eigenvalue weighted by atomic mass is 9.79. The second kappa shape index (κ2) is 10.9. The molecule has 0 unspecified atom stereocenters. The summed E-state index contributed by atoms with van der Waals surface area (Å²) in [5, 5.41) is 8.96. The molecular formula is C28H29N3O3. The van der Waals surface area contributed by atoms with Crippen molar-refractivity contribution in [3.63, 3.8) is 0 Å². The zero-order valence-electron chi connectivity index (χ0n) is 19.1.